The van der Waals surface area contributed by atoms with Crippen LogP contribution in [0.4, 0.5) is 0 Å². The molecule has 0 aliphatic heterocycles. The molecule has 82 valence electrons. The summed E-state index contributed by atoms with van der Waals surface area (Å²) in [5, 5.41) is 2.81. The highest BCUT2D eigenvalue weighted by atomic mass is 32.1. The predicted molar refractivity (Wildman–Crippen MR) is 66.5 cm³/mol. The lowest BCUT2D eigenvalue weighted by Gasteiger charge is -2.07. The molecule has 1 aromatic carbocycles. The minimum absolute atomic E-state index is 0.0105. The molecule has 0 heterocycles. The van der Waals surface area contributed by atoms with Gasteiger partial charge in [0.05, 0.1) is 5.75 Å². The van der Waals surface area contributed by atoms with Crippen LogP contribution in [0.2, 0.25) is 0 Å². The summed E-state index contributed by atoms with van der Waals surface area (Å²) in [7, 11) is 0. The summed E-state index contributed by atoms with van der Waals surface area (Å²) in [6.45, 7) is 4.86. The minimum Gasteiger partial charge on any atom is -0.355 e. The van der Waals surface area contributed by atoms with Crippen LogP contribution in [0, 0.1) is 13.8 Å². The zero-order chi connectivity index (χ0) is 11.3. The van der Waals surface area contributed by atoms with Crippen LogP contribution in [0.3, 0.4) is 0 Å². The molecule has 0 atom stereocenters. The van der Waals surface area contributed by atoms with Crippen molar-refractivity contribution in [3.05, 3.63) is 34.9 Å². The Morgan fingerprint density at radius 3 is 2.80 bits per heavy atom. The molecule has 3 heteroatoms. The van der Waals surface area contributed by atoms with Gasteiger partial charge in [0.15, 0.2) is 0 Å². The van der Waals surface area contributed by atoms with Crippen LogP contribution in [0.25, 0.3) is 0 Å². The summed E-state index contributed by atoms with van der Waals surface area (Å²) >= 11 is 3.90. The molecule has 2 nitrogen and oxygen atoms in total. The second-order valence-electron chi connectivity index (χ2n) is 3.69. The van der Waals surface area contributed by atoms with Gasteiger partial charge >= 0.3 is 0 Å². The van der Waals surface area contributed by atoms with Crippen molar-refractivity contribution in [2.45, 2.75) is 20.3 Å². The molecule has 0 fully saturated rings. The second-order valence-corrected chi connectivity index (χ2v) is 4.00. The number of aryl methyl sites for hydroxylation is 2. The van der Waals surface area contributed by atoms with E-state index < -0.39 is 0 Å². The van der Waals surface area contributed by atoms with Crippen LogP contribution < -0.4 is 5.32 Å². The van der Waals surface area contributed by atoms with Gasteiger partial charge in [-0.2, -0.15) is 12.6 Å². The number of hydrogen-bond acceptors (Lipinski definition) is 2. The standard InChI is InChI=1S/C12H17NOS/c1-9-3-4-10(2)11(7-9)5-6-13-12(14)8-15/h3-4,7,15H,5-6,8H2,1-2H3,(H,13,14). The summed E-state index contributed by atoms with van der Waals surface area (Å²) in [5.74, 6) is 0.246. The Morgan fingerprint density at radius 1 is 1.40 bits per heavy atom. The molecule has 1 aromatic rings. The highest BCUT2D eigenvalue weighted by molar-refractivity contribution is 7.81. The highest BCUT2D eigenvalue weighted by Gasteiger charge is 2.00. The third-order valence-electron chi connectivity index (χ3n) is 2.36. The Bertz CT molecular complexity index is 349. The van der Waals surface area contributed by atoms with E-state index in [0.717, 1.165) is 6.42 Å². The third-order valence-corrected chi connectivity index (χ3v) is 2.65. The van der Waals surface area contributed by atoms with Crippen molar-refractivity contribution < 1.29 is 4.79 Å². The maximum atomic E-state index is 11.0. The van der Waals surface area contributed by atoms with Gasteiger partial charge in [0.1, 0.15) is 0 Å². The van der Waals surface area contributed by atoms with E-state index in [1.165, 1.54) is 16.7 Å². The van der Waals surface area contributed by atoms with Gasteiger partial charge in [-0.15, -0.1) is 0 Å². The second kappa shape index (κ2) is 5.81. The van der Waals surface area contributed by atoms with Crippen LogP contribution >= 0.6 is 12.6 Å². The van der Waals surface area contributed by atoms with Crippen molar-refractivity contribution in [3.8, 4) is 0 Å². The number of hydrogen-bond donors (Lipinski definition) is 2. The highest BCUT2D eigenvalue weighted by Crippen LogP contribution is 2.10. The first kappa shape index (κ1) is 12.1. The lowest BCUT2D eigenvalue weighted by molar-refractivity contribution is -0.118. The lowest BCUT2D eigenvalue weighted by atomic mass is 10.0. The van der Waals surface area contributed by atoms with Crippen molar-refractivity contribution in [1.29, 1.82) is 0 Å². The number of nitrogens with one attached hydrogen (secondary N) is 1. The predicted octanol–water partition coefficient (Wildman–Crippen LogP) is 1.89. The average Bonchev–Trinajstić information content (AvgIpc) is 2.23. The SMILES string of the molecule is Cc1ccc(C)c(CCNC(=O)CS)c1. The molecule has 15 heavy (non-hydrogen) atoms. The van der Waals surface area contributed by atoms with Gasteiger partial charge in [0.2, 0.25) is 5.91 Å². The summed E-state index contributed by atoms with van der Waals surface area (Å²) in [4.78, 5) is 11.0. The molecular weight excluding hydrogens is 206 g/mol. The van der Waals surface area contributed by atoms with Gasteiger partial charge in [0, 0.05) is 6.54 Å². The van der Waals surface area contributed by atoms with E-state index in [9.17, 15) is 4.79 Å². The molecule has 0 unspecified atom stereocenters. The van der Waals surface area contributed by atoms with Crippen molar-refractivity contribution in [2.75, 3.05) is 12.3 Å². The van der Waals surface area contributed by atoms with Crippen molar-refractivity contribution >= 4 is 18.5 Å². The molecule has 0 saturated heterocycles. The fourth-order valence-electron chi connectivity index (χ4n) is 1.46. The van der Waals surface area contributed by atoms with E-state index >= 15 is 0 Å². The molecule has 1 rings (SSSR count). The van der Waals surface area contributed by atoms with Crippen molar-refractivity contribution in [2.24, 2.45) is 0 Å². The monoisotopic (exact) mass is 223 g/mol. The van der Waals surface area contributed by atoms with E-state index in [-0.39, 0.29) is 11.7 Å². The van der Waals surface area contributed by atoms with Crippen LogP contribution in [0.15, 0.2) is 18.2 Å². The van der Waals surface area contributed by atoms with Crippen LogP contribution in [-0.4, -0.2) is 18.2 Å². The normalized spacial score (nSPS) is 10.1. The topological polar surface area (TPSA) is 29.1 Å². The smallest absolute Gasteiger partial charge is 0.229 e. The molecule has 0 aliphatic carbocycles. The third kappa shape index (κ3) is 3.96. The summed E-state index contributed by atoms with van der Waals surface area (Å²) in [6, 6.07) is 6.39. The Kier molecular flexibility index (Phi) is 4.69. The Balaban J connectivity index is 2.50. The Morgan fingerprint density at radius 2 is 2.13 bits per heavy atom. The van der Waals surface area contributed by atoms with Crippen molar-refractivity contribution in [1.82, 2.24) is 5.32 Å². The number of rotatable bonds is 4. The zero-order valence-electron chi connectivity index (χ0n) is 9.21. The molecule has 1 N–H and O–H groups in total. The first-order valence-electron chi connectivity index (χ1n) is 5.07. The first-order chi connectivity index (χ1) is 7.13. The number of carbonyl (C=O) groups is 1. The molecule has 0 radical (unpaired) electrons. The molecule has 0 bridgehead atoms. The van der Waals surface area contributed by atoms with Crippen molar-refractivity contribution in [3.63, 3.8) is 0 Å². The Labute approximate surface area is 96.5 Å². The van der Waals surface area contributed by atoms with Gasteiger partial charge in [-0.1, -0.05) is 23.8 Å². The number of thiol groups is 1. The van der Waals surface area contributed by atoms with Crippen LogP contribution in [0.1, 0.15) is 16.7 Å². The summed E-state index contributed by atoms with van der Waals surface area (Å²) < 4.78 is 0. The number of carbonyl (C=O) groups excluding carboxylic acids is 1. The molecular formula is C12H17NOS. The van der Waals surface area contributed by atoms with Crippen LogP contribution in [0.5, 0.6) is 0 Å². The first-order valence-corrected chi connectivity index (χ1v) is 5.70. The van der Waals surface area contributed by atoms with Gasteiger partial charge in [-0.05, 0) is 31.4 Å². The summed E-state index contributed by atoms with van der Waals surface area (Å²) in [5.41, 5.74) is 3.84. The molecule has 0 spiro atoms. The number of amides is 1. The molecule has 0 aliphatic rings. The quantitative estimate of drug-likeness (QED) is 0.750. The van der Waals surface area contributed by atoms with E-state index in [2.05, 4.69) is 50.0 Å². The molecule has 1 amide bonds. The largest absolute Gasteiger partial charge is 0.355 e. The van der Waals surface area contributed by atoms with E-state index in [1.807, 2.05) is 0 Å². The number of benzene rings is 1. The fraction of sp³-hybridized carbons (Fsp3) is 0.417. The van der Waals surface area contributed by atoms with Gasteiger partial charge in [-0.25, -0.2) is 0 Å². The summed E-state index contributed by atoms with van der Waals surface area (Å²) in [6.07, 6.45) is 0.882. The van der Waals surface area contributed by atoms with E-state index in [1.54, 1.807) is 0 Å². The average molecular weight is 223 g/mol. The van der Waals surface area contributed by atoms with Crippen LogP contribution in [-0.2, 0) is 11.2 Å². The zero-order valence-corrected chi connectivity index (χ0v) is 10.1. The lowest BCUT2D eigenvalue weighted by Crippen LogP contribution is -2.26. The van der Waals surface area contributed by atoms with Gasteiger partial charge < -0.3 is 5.32 Å². The maximum Gasteiger partial charge on any atom is 0.229 e. The Hall–Kier alpha value is -0.960. The fourth-order valence-corrected chi connectivity index (χ4v) is 1.57. The molecule has 0 aromatic heterocycles. The van der Waals surface area contributed by atoms with Gasteiger partial charge in [-0.3, -0.25) is 4.79 Å². The van der Waals surface area contributed by atoms with E-state index in [0.29, 0.717) is 6.54 Å². The maximum absolute atomic E-state index is 11.0. The molecule has 0 saturated carbocycles. The van der Waals surface area contributed by atoms with E-state index in [4.69, 9.17) is 0 Å². The van der Waals surface area contributed by atoms with Gasteiger partial charge in [0.25, 0.3) is 0 Å². The minimum atomic E-state index is -0.0105.